The highest BCUT2D eigenvalue weighted by Gasteiger charge is 2.30. The Hall–Kier alpha value is -0.900. The lowest BCUT2D eigenvalue weighted by Crippen LogP contribution is -2.39. The summed E-state index contributed by atoms with van der Waals surface area (Å²) in [6, 6.07) is 9.90. The van der Waals surface area contributed by atoms with E-state index in [1.807, 2.05) is 37.3 Å². The van der Waals surface area contributed by atoms with Crippen molar-refractivity contribution in [2.24, 2.45) is 5.41 Å². The quantitative estimate of drug-likeness (QED) is 0.705. The maximum Gasteiger partial charge on any atom is 0.0853 e. The van der Waals surface area contributed by atoms with Crippen LogP contribution in [-0.4, -0.2) is 42.9 Å². The van der Waals surface area contributed by atoms with Gasteiger partial charge < -0.3 is 14.7 Å². The second-order valence-electron chi connectivity index (χ2n) is 5.87. The van der Waals surface area contributed by atoms with Crippen molar-refractivity contribution in [2.75, 3.05) is 32.8 Å². The zero-order valence-electron chi connectivity index (χ0n) is 13.3. The molecule has 0 fully saturated rings. The highest BCUT2D eigenvalue weighted by atomic mass is 16.5. The van der Waals surface area contributed by atoms with Crippen molar-refractivity contribution in [2.45, 2.75) is 33.8 Å². The molecule has 3 heteroatoms. The standard InChI is InChI=1S/C17H29NO2/c1-5-18(12-13-20-6-2)14-17(3,4)16(19)15-10-8-7-9-11-15/h7-11,16,19H,5-6,12-14H2,1-4H3. The Balaban J connectivity index is 2.62. The maximum absolute atomic E-state index is 10.6. The number of aliphatic hydroxyl groups excluding tert-OH is 1. The number of hydrogen-bond donors (Lipinski definition) is 1. The summed E-state index contributed by atoms with van der Waals surface area (Å²) in [6.45, 7) is 12.6. The predicted molar refractivity (Wildman–Crippen MR) is 83.8 cm³/mol. The lowest BCUT2D eigenvalue weighted by molar-refractivity contribution is 0.0137. The molecule has 1 rings (SSSR count). The SMILES string of the molecule is CCOCCN(CC)CC(C)(C)C(O)c1ccccc1. The highest BCUT2D eigenvalue weighted by molar-refractivity contribution is 5.19. The summed E-state index contributed by atoms with van der Waals surface area (Å²) in [5, 5.41) is 10.6. The number of rotatable bonds is 9. The molecular weight excluding hydrogens is 250 g/mol. The Morgan fingerprint density at radius 1 is 1.20 bits per heavy atom. The molecule has 1 aromatic carbocycles. The molecule has 0 spiro atoms. The van der Waals surface area contributed by atoms with Crippen molar-refractivity contribution in [3.05, 3.63) is 35.9 Å². The van der Waals surface area contributed by atoms with Crippen molar-refractivity contribution in [3.8, 4) is 0 Å². The van der Waals surface area contributed by atoms with Gasteiger partial charge in [-0.05, 0) is 19.0 Å². The Labute approximate surface area is 123 Å². The molecule has 114 valence electrons. The summed E-state index contributed by atoms with van der Waals surface area (Å²) in [5.41, 5.74) is 0.794. The minimum atomic E-state index is -0.454. The smallest absolute Gasteiger partial charge is 0.0853 e. The first-order valence-electron chi connectivity index (χ1n) is 7.54. The molecule has 0 saturated carbocycles. The van der Waals surface area contributed by atoms with Crippen molar-refractivity contribution in [1.29, 1.82) is 0 Å². The lowest BCUT2D eigenvalue weighted by atomic mass is 9.82. The van der Waals surface area contributed by atoms with Gasteiger partial charge in [-0.2, -0.15) is 0 Å². The minimum absolute atomic E-state index is 0.191. The Kier molecular flexibility index (Phi) is 7.20. The van der Waals surface area contributed by atoms with Gasteiger partial charge >= 0.3 is 0 Å². The van der Waals surface area contributed by atoms with Crippen molar-refractivity contribution in [3.63, 3.8) is 0 Å². The predicted octanol–water partition coefficient (Wildman–Crippen LogP) is 3.10. The Morgan fingerprint density at radius 2 is 1.85 bits per heavy atom. The molecule has 0 aromatic heterocycles. The van der Waals surface area contributed by atoms with Gasteiger partial charge in [0.1, 0.15) is 0 Å². The number of ether oxygens (including phenoxy) is 1. The molecule has 0 heterocycles. The number of hydrogen-bond acceptors (Lipinski definition) is 3. The van der Waals surface area contributed by atoms with Crippen LogP contribution in [0.15, 0.2) is 30.3 Å². The van der Waals surface area contributed by atoms with Gasteiger partial charge in [0, 0.05) is 25.1 Å². The van der Waals surface area contributed by atoms with Gasteiger partial charge in [0.2, 0.25) is 0 Å². The van der Waals surface area contributed by atoms with Gasteiger partial charge in [-0.3, -0.25) is 0 Å². The fourth-order valence-electron chi connectivity index (χ4n) is 2.44. The molecule has 1 N–H and O–H groups in total. The van der Waals surface area contributed by atoms with Crippen LogP contribution in [0.25, 0.3) is 0 Å². The zero-order chi connectivity index (χ0) is 15.0. The second kappa shape index (κ2) is 8.40. The van der Waals surface area contributed by atoms with Crippen LogP contribution < -0.4 is 0 Å². The van der Waals surface area contributed by atoms with Gasteiger partial charge in [0.25, 0.3) is 0 Å². The van der Waals surface area contributed by atoms with Crippen molar-refractivity contribution < 1.29 is 9.84 Å². The van der Waals surface area contributed by atoms with Crippen LogP contribution in [-0.2, 0) is 4.74 Å². The van der Waals surface area contributed by atoms with E-state index in [-0.39, 0.29) is 5.41 Å². The average Bonchev–Trinajstić information content (AvgIpc) is 2.46. The zero-order valence-corrected chi connectivity index (χ0v) is 13.3. The van der Waals surface area contributed by atoms with Gasteiger partial charge in [0.05, 0.1) is 12.7 Å². The lowest BCUT2D eigenvalue weighted by Gasteiger charge is -2.36. The van der Waals surface area contributed by atoms with E-state index in [2.05, 4.69) is 25.7 Å². The average molecular weight is 279 g/mol. The summed E-state index contributed by atoms with van der Waals surface area (Å²) >= 11 is 0. The van der Waals surface area contributed by atoms with Crippen LogP contribution in [0.2, 0.25) is 0 Å². The summed E-state index contributed by atoms with van der Waals surface area (Å²) < 4.78 is 5.42. The third kappa shape index (κ3) is 5.23. The molecule has 0 saturated heterocycles. The van der Waals surface area contributed by atoms with Crippen LogP contribution in [0.5, 0.6) is 0 Å². The van der Waals surface area contributed by atoms with Crippen molar-refractivity contribution in [1.82, 2.24) is 4.90 Å². The third-order valence-electron chi connectivity index (χ3n) is 3.69. The van der Waals surface area contributed by atoms with E-state index in [9.17, 15) is 5.11 Å². The number of aliphatic hydroxyl groups is 1. The molecular formula is C17H29NO2. The summed E-state index contributed by atoms with van der Waals surface area (Å²) in [7, 11) is 0. The third-order valence-corrected chi connectivity index (χ3v) is 3.69. The van der Waals surface area contributed by atoms with Gasteiger partial charge in [-0.1, -0.05) is 51.1 Å². The second-order valence-corrected chi connectivity index (χ2v) is 5.87. The number of benzene rings is 1. The van der Waals surface area contributed by atoms with Crippen LogP contribution in [0.1, 0.15) is 39.4 Å². The molecule has 0 radical (unpaired) electrons. The fourth-order valence-corrected chi connectivity index (χ4v) is 2.44. The molecule has 0 aliphatic rings. The first kappa shape index (κ1) is 17.2. The molecule has 0 bridgehead atoms. The van der Waals surface area contributed by atoms with E-state index >= 15 is 0 Å². The van der Waals surface area contributed by atoms with Crippen LogP contribution in [0.3, 0.4) is 0 Å². The molecule has 1 aromatic rings. The van der Waals surface area contributed by atoms with E-state index < -0.39 is 6.10 Å². The number of likely N-dealkylation sites (N-methyl/N-ethyl adjacent to an activating group) is 1. The minimum Gasteiger partial charge on any atom is -0.388 e. The molecule has 1 atom stereocenters. The van der Waals surface area contributed by atoms with E-state index in [1.165, 1.54) is 0 Å². The van der Waals surface area contributed by atoms with E-state index in [0.717, 1.165) is 38.4 Å². The normalized spacial score (nSPS) is 13.7. The first-order chi connectivity index (χ1) is 9.51. The number of nitrogens with zero attached hydrogens (tertiary/aromatic N) is 1. The van der Waals surface area contributed by atoms with Crippen LogP contribution in [0.4, 0.5) is 0 Å². The first-order valence-corrected chi connectivity index (χ1v) is 7.54. The Bertz CT molecular complexity index is 365. The van der Waals surface area contributed by atoms with Gasteiger partial charge in [-0.25, -0.2) is 0 Å². The molecule has 0 amide bonds. The fraction of sp³-hybridized carbons (Fsp3) is 0.647. The summed E-state index contributed by atoms with van der Waals surface area (Å²) in [4.78, 5) is 2.34. The maximum atomic E-state index is 10.6. The van der Waals surface area contributed by atoms with Crippen LogP contribution in [0, 0.1) is 5.41 Å². The van der Waals surface area contributed by atoms with Gasteiger partial charge in [-0.15, -0.1) is 0 Å². The summed E-state index contributed by atoms with van der Waals surface area (Å²) in [6.07, 6.45) is -0.454. The molecule has 0 aliphatic heterocycles. The molecule has 3 nitrogen and oxygen atoms in total. The van der Waals surface area contributed by atoms with Gasteiger partial charge in [0.15, 0.2) is 0 Å². The molecule has 0 aliphatic carbocycles. The Morgan fingerprint density at radius 3 is 2.40 bits per heavy atom. The van der Waals surface area contributed by atoms with E-state index in [1.54, 1.807) is 0 Å². The largest absolute Gasteiger partial charge is 0.388 e. The molecule has 20 heavy (non-hydrogen) atoms. The highest BCUT2D eigenvalue weighted by Crippen LogP contribution is 2.33. The van der Waals surface area contributed by atoms with E-state index in [4.69, 9.17) is 4.74 Å². The van der Waals surface area contributed by atoms with Crippen molar-refractivity contribution >= 4 is 0 Å². The monoisotopic (exact) mass is 279 g/mol. The topological polar surface area (TPSA) is 32.7 Å². The van der Waals surface area contributed by atoms with E-state index in [0.29, 0.717) is 0 Å². The summed E-state index contributed by atoms with van der Waals surface area (Å²) in [5.74, 6) is 0. The van der Waals surface area contributed by atoms with Crippen LogP contribution >= 0.6 is 0 Å². The molecule has 1 unspecified atom stereocenters.